The molecule has 1 nitrogen and oxygen atoms in total. The molecule has 0 bridgehead atoms. The zero-order chi connectivity index (χ0) is 9.26. The molecule has 1 aromatic heterocycles. The standard InChI is InChI=1S/C10H12ClNS/c11-6-9-10(13)4-3-8(12-9)5-7-1-2-7/h3-4,7,13H,1-2,5-6H2. The summed E-state index contributed by atoms with van der Waals surface area (Å²) in [6.45, 7) is 0. The Balaban J connectivity index is 2.16. The van der Waals surface area contributed by atoms with Gasteiger partial charge in [-0.15, -0.1) is 24.2 Å². The molecule has 0 aliphatic heterocycles. The number of pyridine rings is 1. The summed E-state index contributed by atoms with van der Waals surface area (Å²) in [5.41, 5.74) is 2.07. The molecule has 0 radical (unpaired) electrons. The van der Waals surface area contributed by atoms with E-state index in [1.165, 1.54) is 12.8 Å². The summed E-state index contributed by atoms with van der Waals surface area (Å²) in [5, 5.41) is 0. The van der Waals surface area contributed by atoms with Crippen molar-refractivity contribution in [3.8, 4) is 0 Å². The second-order valence-electron chi connectivity index (χ2n) is 3.55. The topological polar surface area (TPSA) is 12.9 Å². The van der Waals surface area contributed by atoms with Gasteiger partial charge in [-0.3, -0.25) is 4.98 Å². The molecule has 1 fully saturated rings. The van der Waals surface area contributed by atoms with Gasteiger partial charge in [0.25, 0.3) is 0 Å². The number of alkyl halides is 1. The van der Waals surface area contributed by atoms with Gasteiger partial charge in [0.15, 0.2) is 0 Å². The maximum Gasteiger partial charge on any atom is 0.0687 e. The molecule has 1 saturated carbocycles. The van der Waals surface area contributed by atoms with Gasteiger partial charge < -0.3 is 0 Å². The monoisotopic (exact) mass is 213 g/mol. The molecule has 0 amide bonds. The fraction of sp³-hybridized carbons (Fsp3) is 0.500. The van der Waals surface area contributed by atoms with Gasteiger partial charge in [0, 0.05) is 10.6 Å². The van der Waals surface area contributed by atoms with Gasteiger partial charge in [0.2, 0.25) is 0 Å². The van der Waals surface area contributed by atoms with Crippen molar-refractivity contribution in [1.82, 2.24) is 4.98 Å². The number of thiol groups is 1. The Morgan fingerprint density at radius 1 is 1.46 bits per heavy atom. The number of aromatic nitrogens is 1. The molecule has 0 spiro atoms. The van der Waals surface area contributed by atoms with Crippen LogP contribution in [0.25, 0.3) is 0 Å². The predicted molar refractivity (Wildman–Crippen MR) is 57.5 cm³/mol. The second-order valence-corrected chi connectivity index (χ2v) is 4.30. The van der Waals surface area contributed by atoms with Gasteiger partial charge in [-0.1, -0.05) is 0 Å². The lowest BCUT2D eigenvalue weighted by atomic mass is 10.2. The lowest BCUT2D eigenvalue weighted by Crippen LogP contribution is -1.96. The van der Waals surface area contributed by atoms with Crippen LogP contribution in [0.1, 0.15) is 24.2 Å². The first-order chi connectivity index (χ1) is 6.29. The lowest BCUT2D eigenvalue weighted by Gasteiger charge is -2.03. The first kappa shape index (κ1) is 9.35. The van der Waals surface area contributed by atoms with E-state index in [9.17, 15) is 0 Å². The minimum Gasteiger partial charge on any atom is -0.255 e. The Morgan fingerprint density at radius 3 is 2.85 bits per heavy atom. The van der Waals surface area contributed by atoms with Crippen LogP contribution in [0.15, 0.2) is 17.0 Å². The lowest BCUT2D eigenvalue weighted by molar-refractivity contribution is 0.793. The normalized spacial score (nSPS) is 16.2. The Bertz CT molecular complexity index is 310. The minimum atomic E-state index is 0.456. The Morgan fingerprint density at radius 2 is 2.23 bits per heavy atom. The van der Waals surface area contributed by atoms with Crippen LogP contribution in [0, 0.1) is 5.92 Å². The van der Waals surface area contributed by atoms with Crippen LogP contribution in [0.5, 0.6) is 0 Å². The Labute approximate surface area is 88.9 Å². The molecule has 1 heterocycles. The molecule has 3 heteroatoms. The van der Waals surface area contributed by atoms with Crippen LogP contribution in [0.4, 0.5) is 0 Å². The molecule has 0 atom stereocenters. The molecule has 0 N–H and O–H groups in total. The average Bonchev–Trinajstić information content (AvgIpc) is 2.92. The summed E-state index contributed by atoms with van der Waals surface area (Å²) in [5.74, 6) is 1.33. The highest BCUT2D eigenvalue weighted by molar-refractivity contribution is 7.80. The molecule has 0 unspecified atom stereocenters. The number of halogens is 1. The van der Waals surface area contributed by atoms with Gasteiger partial charge in [-0.2, -0.15) is 0 Å². The number of hydrogen-bond acceptors (Lipinski definition) is 2. The van der Waals surface area contributed by atoms with E-state index >= 15 is 0 Å². The van der Waals surface area contributed by atoms with Crippen molar-refractivity contribution >= 4 is 24.2 Å². The van der Waals surface area contributed by atoms with Crippen LogP contribution >= 0.6 is 24.2 Å². The zero-order valence-electron chi connectivity index (χ0n) is 7.33. The van der Waals surface area contributed by atoms with Gasteiger partial charge >= 0.3 is 0 Å². The summed E-state index contributed by atoms with van der Waals surface area (Å²) in [7, 11) is 0. The SMILES string of the molecule is Sc1ccc(CC2CC2)nc1CCl. The van der Waals surface area contributed by atoms with Crippen molar-refractivity contribution < 1.29 is 0 Å². The number of hydrogen-bond donors (Lipinski definition) is 1. The highest BCUT2D eigenvalue weighted by Gasteiger charge is 2.22. The van der Waals surface area contributed by atoms with Crippen LogP contribution in [-0.4, -0.2) is 4.98 Å². The average molecular weight is 214 g/mol. The molecular weight excluding hydrogens is 202 g/mol. The summed E-state index contributed by atoms with van der Waals surface area (Å²) in [6.07, 6.45) is 3.83. The van der Waals surface area contributed by atoms with Gasteiger partial charge in [0.1, 0.15) is 0 Å². The van der Waals surface area contributed by atoms with Crippen molar-refractivity contribution in [2.75, 3.05) is 0 Å². The largest absolute Gasteiger partial charge is 0.255 e. The van der Waals surface area contributed by atoms with Gasteiger partial charge in [0.05, 0.1) is 11.6 Å². The highest BCUT2D eigenvalue weighted by atomic mass is 35.5. The summed E-state index contributed by atoms with van der Waals surface area (Å²) >= 11 is 10.0. The summed E-state index contributed by atoms with van der Waals surface area (Å²) < 4.78 is 0. The molecule has 0 aromatic carbocycles. The zero-order valence-corrected chi connectivity index (χ0v) is 8.98. The van der Waals surface area contributed by atoms with Crippen molar-refractivity contribution in [3.63, 3.8) is 0 Å². The van der Waals surface area contributed by atoms with Crippen molar-refractivity contribution in [2.45, 2.75) is 30.0 Å². The van der Waals surface area contributed by atoms with E-state index in [4.69, 9.17) is 11.6 Å². The summed E-state index contributed by atoms with van der Waals surface area (Å²) in [4.78, 5) is 5.36. The van der Waals surface area contributed by atoms with E-state index in [2.05, 4.69) is 23.7 Å². The van der Waals surface area contributed by atoms with Crippen molar-refractivity contribution in [3.05, 3.63) is 23.5 Å². The fourth-order valence-corrected chi connectivity index (χ4v) is 1.87. The molecule has 1 aromatic rings. The molecular formula is C10H12ClNS. The van der Waals surface area contributed by atoms with Gasteiger partial charge in [-0.05, 0) is 37.3 Å². The molecule has 1 aliphatic rings. The predicted octanol–water partition coefficient (Wildman–Crippen LogP) is 3.06. The maximum absolute atomic E-state index is 5.74. The summed E-state index contributed by atoms with van der Waals surface area (Å²) in [6, 6.07) is 4.04. The van der Waals surface area contributed by atoms with Crippen molar-refractivity contribution in [2.24, 2.45) is 5.92 Å². The van der Waals surface area contributed by atoms with E-state index in [1.807, 2.05) is 6.07 Å². The van der Waals surface area contributed by atoms with Gasteiger partial charge in [-0.25, -0.2) is 0 Å². The van der Waals surface area contributed by atoms with E-state index in [1.54, 1.807) is 0 Å². The molecule has 1 aliphatic carbocycles. The van der Waals surface area contributed by atoms with E-state index in [-0.39, 0.29) is 0 Å². The third kappa shape index (κ3) is 2.38. The molecule has 70 valence electrons. The second kappa shape index (κ2) is 3.89. The van der Waals surface area contributed by atoms with Crippen LogP contribution < -0.4 is 0 Å². The van der Waals surface area contributed by atoms with Crippen LogP contribution in [-0.2, 0) is 12.3 Å². The number of rotatable bonds is 3. The smallest absolute Gasteiger partial charge is 0.0687 e. The third-order valence-corrected chi connectivity index (χ3v) is 2.99. The maximum atomic E-state index is 5.74. The quantitative estimate of drug-likeness (QED) is 0.602. The number of nitrogens with zero attached hydrogens (tertiary/aromatic N) is 1. The minimum absolute atomic E-state index is 0.456. The van der Waals surface area contributed by atoms with E-state index in [0.717, 1.165) is 28.6 Å². The Hall–Kier alpha value is -0.210. The van der Waals surface area contributed by atoms with Crippen LogP contribution in [0.2, 0.25) is 0 Å². The van der Waals surface area contributed by atoms with Crippen molar-refractivity contribution in [1.29, 1.82) is 0 Å². The fourth-order valence-electron chi connectivity index (χ4n) is 1.37. The third-order valence-electron chi connectivity index (χ3n) is 2.33. The molecule has 0 saturated heterocycles. The van der Waals surface area contributed by atoms with E-state index < -0.39 is 0 Å². The Kier molecular flexibility index (Phi) is 2.80. The molecule has 2 rings (SSSR count). The van der Waals surface area contributed by atoms with Crippen LogP contribution in [0.3, 0.4) is 0 Å². The molecule has 13 heavy (non-hydrogen) atoms. The van der Waals surface area contributed by atoms with E-state index in [0.29, 0.717) is 5.88 Å². The first-order valence-electron chi connectivity index (χ1n) is 4.53. The first-order valence-corrected chi connectivity index (χ1v) is 5.51. The highest BCUT2D eigenvalue weighted by Crippen LogP contribution is 2.32.